The van der Waals surface area contributed by atoms with Crippen LogP contribution in [-0.2, 0) is 0 Å². The maximum absolute atomic E-state index is 12.8. The molecule has 0 amide bonds. The topological polar surface area (TPSA) is 17.1 Å². The predicted molar refractivity (Wildman–Crippen MR) is 71.1 cm³/mol. The quantitative estimate of drug-likeness (QED) is 0.563. The molecule has 1 fully saturated rings. The molecule has 2 rings (SSSR count). The molecule has 18 heavy (non-hydrogen) atoms. The van der Waals surface area contributed by atoms with Crippen molar-refractivity contribution in [2.75, 3.05) is 0 Å². The summed E-state index contributed by atoms with van der Waals surface area (Å²) in [7, 11) is 0. The van der Waals surface area contributed by atoms with E-state index in [2.05, 4.69) is 6.92 Å². The van der Waals surface area contributed by atoms with E-state index in [1.807, 2.05) is 0 Å². The van der Waals surface area contributed by atoms with Crippen molar-refractivity contribution in [3.63, 3.8) is 0 Å². The number of hydrogen-bond acceptors (Lipinski definition) is 1. The monoisotopic (exact) mass is 248 g/mol. The summed E-state index contributed by atoms with van der Waals surface area (Å²) in [5.74, 6) is 0.855. The SMILES string of the molecule is CCC1CCCC(C(=O)c2ccc(F)cc2)CC1. The summed E-state index contributed by atoms with van der Waals surface area (Å²) in [6.45, 7) is 2.23. The van der Waals surface area contributed by atoms with Gasteiger partial charge >= 0.3 is 0 Å². The highest BCUT2D eigenvalue weighted by atomic mass is 19.1. The van der Waals surface area contributed by atoms with Gasteiger partial charge in [0.05, 0.1) is 0 Å². The van der Waals surface area contributed by atoms with Crippen molar-refractivity contribution in [3.8, 4) is 0 Å². The lowest BCUT2D eigenvalue weighted by Gasteiger charge is -2.13. The largest absolute Gasteiger partial charge is 0.294 e. The second-order valence-corrected chi connectivity index (χ2v) is 5.35. The van der Waals surface area contributed by atoms with E-state index in [1.165, 1.54) is 25.0 Å². The van der Waals surface area contributed by atoms with Gasteiger partial charge in [0.15, 0.2) is 5.78 Å². The maximum Gasteiger partial charge on any atom is 0.165 e. The third-order valence-corrected chi connectivity index (χ3v) is 4.17. The van der Waals surface area contributed by atoms with Gasteiger partial charge in [0.2, 0.25) is 0 Å². The Morgan fingerprint density at radius 3 is 2.56 bits per heavy atom. The Kier molecular flexibility index (Phi) is 4.51. The average molecular weight is 248 g/mol. The van der Waals surface area contributed by atoms with E-state index in [9.17, 15) is 9.18 Å². The highest BCUT2D eigenvalue weighted by molar-refractivity contribution is 5.97. The van der Waals surface area contributed by atoms with Crippen LogP contribution in [0.25, 0.3) is 0 Å². The first-order chi connectivity index (χ1) is 8.70. The molecule has 0 aliphatic heterocycles. The summed E-state index contributed by atoms with van der Waals surface area (Å²) in [6, 6.07) is 5.97. The second kappa shape index (κ2) is 6.12. The normalized spacial score (nSPS) is 24.6. The number of carbonyl (C=O) groups is 1. The Hall–Kier alpha value is -1.18. The molecule has 0 aromatic heterocycles. The molecule has 2 atom stereocenters. The molecule has 2 unspecified atom stereocenters. The van der Waals surface area contributed by atoms with Gasteiger partial charge in [0, 0.05) is 11.5 Å². The fraction of sp³-hybridized carbons (Fsp3) is 0.562. The summed E-state index contributed by atoms with van der Waals surface area (Å²) in [4.78, 5) is 12.3. The Labute approximate surface area is 108 Å². The number of ketones is 1. The molecular weight excluding hydrogens is 227 g/mol. The van der Waals surface area contributed by atoms with Crippen LogP contribution in [0.1, 0.15) is 55.8 Å². The van der Waals surface area contributed by atoms with E-state index in [-0.39, 0.29) is 17.5 Å². The van der Waals surface area contributed by atoms with E-state index in [0.717, 1.165) is 31.6 Å². The molecular formula is C16H21FO. The average Bonchev–Trinajstić information content (AvgIpc) is 2.64. The van der Waals surface area contributed by atoms with E-state index >= 15 is 0 Å². The van der Waals surface area contributed by atoms with E-state index < -0.39 is 0 Å². The first kappa shape index (κ1) is 13.3. The van der Waals surface area contributed by atoms with Crippen LogP contribution in [0.4, 0.5) is 4.39 Å². The van der Waals surface area contributed by atoms with Gasteiger partial charge in [-0.3, -0.25) is 4.79 Å². The minimum atomic E-state index is -0.279. The van der Waals surface area contributed by atoms with Gasteiger partial charge in [-0.15, -0.1) is 0 Å². The maximum atomic E-state index is 12.8. The van der Waals surface area contributed by atoms with E-state index in [4.69, 9.17) is 0 Å². The van der Waals surface area contributed by atoms with Crippen LogP contribution in [0, 0.1) is 17.7 Å². The first-order valence-electron chi connectivity index (χ1n) is 7.00. The molecule has 1 nitrogen and oxygen atoms in total. The molecule has 0 saturated heterocycles. The number of benzene rings is 1. The van der Waals surface area contributed by atoms with Crippen molar-refractivity contribution < 1.29 is 9.18 Å². The smallest absolute Gasteiger partial charge is 0.165 e. The molecule has 0 heterocycles. The highest BCUT2D eigenvalue weighted by Gasteiger charge is 2.24. The zero-order valence-corrected chi connectivity index (χ0v) is 11.0. The van der Waals surface area contributed by atoms with Crippen LogP contribution in [-0.4, -0.2) is 5.78 Å². The molecule has 1 aromatic rings. The zero-order chi connectivity index (χ0) is 13.0. The Morgan fingerprint density at radius 2 is 1.89 bits per heavy atom. The van der Waals surface area contributed by atoms with Crippen molar-refractivity contribution in [2.24, 2.45) is 11.8 Å². The van der Waals surface area contributed by atoms with Gasteiger partial charge in [0.25, 0.3) is 0 Å². The lowest BCUT2D eigenvalue weighted by Crippen LogP contribution is -2.14. The van der Waals surface area contributed by atoms with Crippen molar-refractivity contribution in [3.05, 3.63) is 35.6 Å². The third kappa shape index (κ3) is 3.18. The summed E-state index contributed by atoms with van der Waals surface area (Å²) < 4.78 is 12.8. The standard InChI is InChI=1S/C16H21FO/c1-2-12-4-3-5-13(7-6-12)16(18)14-8-10-15(17)11-9-14/h8-13H,2-7H2,1H3. The zero-order valence-electron chi connectivity index (χ0n) is 11.0. The van der Waals surface area contributed by atoms with Crippen molar-refractivity contribution in [1.29, 1.82) is 0 Å². The fourth-order valence-electron chi connectivity index (χ4n) is 2.90. The second-order valence-electron chi connectivity index (χ2n) is 5.35. The summed E-state index contributed by atoms with van der Waals surface area (Å²) in [5, 5.41) is 0. The van der Waals surface area contributed by atoms with Crippen LogP contribution in [0.3, 0.4) is 0 Å². The lowest BCUT2D eigenvalue weighted by molar-refractivity contribution is 0.0907. The van der Waals surface area contributed by atoms with Gasteiger partial charge in [-0.25, -0.2) is 4.39 Å². The summed E-state index contributed by atoms with van der Waals surface area (Å²) in [5.41, 5.74) is 0.663. The fourth-order valence-corrected chi connectivity index (χ4v) is 2.90. The van der Waals surface area contributed by atoms with Gasteiger partial charge in [-0.1, -0.05) is 26.2 Å². The molecule has 0 radical (unpaired) electrons. The van der Waals surface area contributed by atoms with Crippen LogP contribution >= 0.6 is 0 Å². The predicted octanol–water partition coefficient (Wildman–Crippen LogP) is 4.61. The molecule has 1 aliphatic rings. The first-order valence-corrected chi connectivity index (χ1v) is 7.00. The van der Waals surface area contributed by atoms with Crippen LogP contribution in [0.5, 0.6) is 0 Å². The third-order valence-electron chi connectivity index (χ3n) is 4.17. The molecule has 1 saturated carbocycles. The Morgan fingerprint density at radius 1 is 1.17 bits per heavy atom. The molecule has 2 heteroatoms. The van der Waals surface area contributed by atoms with Crippen molar-refractivity contribution >= 4 is 5.78 Å². The van der Waals surface area contributed by atoms with Gasteiger partial charge in [0.1, 0.15) is 5.82 Å². The van der Waals surface area contributed by atoms with Crippen LogP contribution < -0.4 is 0 Å². The van der Waals surface area contributed by atoms with E-state index in [1.54, 1.807) is 12.1 Å². The lowest BCUT2D eigenvalue weighted by atomic mass is 9.90. The number of hydrogen-bond donors (Lipinski definition) is 0. The number of carbonyl (C=O) groups excluding carboxylic acids is 1. The van der Waals surface area contributed by atoms with Crippen LogP contribution in [0.2, 0.25) is 0 Å². The molecule has 1 aromatic carbocycles. The van der Waals surface area contributed by atoms with Gasteiger partial charge < -0.3 is 0 Å². The van der Waals surface area contributed by atoms with Crippen LogP contribution in [0.15, 0.2) is 24.3 Å². The minimum absolute atomic E-state index is 0.145. The molecule has 1 aliphatic carbocycles. The highest BCUT2D eigenvalue weighted by Crippen LogP contribution is 2.31. The number of halogens is 1. The van der Waals surface area contributed by atoms with Crippen molar-refractivity contribution in [1.82, 2.24) is 0 Å². The number of rotatable bonds is 3. The van der Waals surface area contributed by atoms with Gasteiger partial charge in [-0.2, -0.15) is 0 Å². The minimum Gasteiger partial charge on any atom is -0.294 e. The molecule has 0 spiro atoms. The summed E-state index contributed by atoms with van der Waals surface area (Å²) >= 11 is 0. The molecule has 0 bridgehead atoms. The molecule has 98 valence electrons. The molecule has 0 N–H and O–H groups in total. The summed E-state index contributed by atoms with van der Waals surface area (Å²) in [6.07, 6.45) is 6.77. The van der Waals surface area contributed by atoms with E-state index in [0.29, 0.717) is 5.56 Å². The van der Waals surface area contributed by atoms with Crippen molar-refractivity contribution in [2.45, 2.75) is 45.4 Å². The Balaban J connectivity index is 2.02. The van der Waals surface area contributed by atoms with Gasteiger partial charge in [-0.05, 0) is 49.4 Å². The Bertz CT molecular complexity index is 396. The number of Topliss-reactive ketones (excluding diaryl/α,β-unsaturated/α-hetero) is 1.